The number of hydrogen-bond acceptors (Lipinski definition) is 6. The molecule has 0 fully saturated rings. The van der Waals surface area contributed by atoms with Crippen LogP contribution in [-0.4, -0.2) is 35.4 Å². The molecular weight excluding hydrogens is 454 g/mol. The largest absolute Gasteiger partial charge is 0.291 e. The standard InChI is InChI=1S/C16H10Cl4N4O4/c17-11-1-3-13(23(25)26)15(19)9(11)7-21-5-6-22-8-10-12(18)2-4-14(16(10)20)24(27)28/h1-4,7-8H,5-6H2. The number of nitro benzene ring substituents is 2. The SMILES string of the molecule is O=[N+]([O-])c1ccc(Cl)c(C=NCCN=Cc2c(Cl)ccc([N+](=O)[O-])c2Cl)c1Cl. The molecule has 2 aromatic rings. The van der Waals surface area contributed by atoms with Crippen molar-refractivity contribution in [1.82, 2.24) is 0 Å². The molecule has 0 aliphatic heterocycles. The molecule has 0 saturated carbocycles. The first-order valence-corrected chi connectivity index (χ1v) is 8.99. The summed E-state index contributed by atoms with van der Waals surface area (Å²) in [6.07, 6.45) is 2.64. The molecule has 0 saturated heterocycles. The van der Waals surface area contributed by atoms with Gasteiger partial charge in [0.25, 0.3) is 11.4 Å². The molecule has 0 aliphatic carbocycles. The van der Waals surface area contributed by atoms with Gasteiger partial charge in [-0.05, 0) is 12.1 Å². The van der Waals surface area contributed by atoms with Gasteiger partial charge in [-0.2, -0.15) is 0 Å². The Bertz CT molecular complexity index is 916. The first kappa shape index (κ1) is 22.0. The average molecular weight is 464 g/mol. The summed E-state index contributed by atoms with van der Waals surface area (Å²) in [6.45, 7) is 0.409. The lowest BCUT2D eigenvalue weighted by Gasteiger charge is -2.02. The molecule has 0 unspecified atom stereocenters. The van der Waals surface area contributed by atoms with Crippen LogP contribution >= 0.6 is 46.4 Å². The third-order valence-corrected chi connectivity index (χ3v) is 4.86. The number of halogens is 4. The second-order valence-corrected chi connectivity index (χ2v) is 6.74. The van der Waals surface area contributed by atoms with Crippen LogP contribution in [0.2, 0.25) is 20.1 Å². The van der Waals surface area contributed by atoms with Crippen molar-refractivity contribution >= 4 is 70.2 Å². The van der Waals surface area contributed by atoms with Gasteiger partial charge in [0.15, 0.2) is 0 Å². The van der Waals surface area contributed by atoms with Gasteiger partial charge in [0.05, 0.1) is 33.0 Å². The molecule has 0 aliphatic rings. The summed E-state index contributed by atoms with van der Waals surface area (Å²) in [5.74, 6) is 0. The fourth-order valence-electron chi connectivity index (χ4n) is 2.06. The fourth-order valence-corrected chi connectivity index (χ4v) is 3.14. The molecule has 0 spiro atoms. The Hall–Kier alpha value is -2.26. The maximum atomic E-state index is 10.9. The van der Waals surface area contributed by atoms with Crippen LogP contribution in [0.5, 0.6) is 0 Å². The molecule has 0 bridgehead atoms. The lowest BCUT2D eigenvalue weighted by Crippen LogP contribution is -1.96. The van der Waals surface area contributed by atoms with Gasteiger partial charge in [-0.3, -0.25) is 30.2 Å². The molecule has 2 aromatic carbocycles. The van der Waals surface area contributed by atoms with Crippen molar-refractivity contribution in [2.45, 2.75) is 0 Å². The predicted molar refractivity (Wildman–Crippen MR) is 111 cm³/mol. The van der Waals surface area contributed by atoms with Crippen molar-refractivity contribution in [3.8, 4) is 0 Å². The molecule has 28 heavy (non-hydrogen) atoms. The molecule has 146 valence electrons. The lowest BCUT2D eigenvalue weighted by atomic mass is 10.2. The molecule has 0 amide bonds. The summed E-state index contributed by atoms with van der Waals surface area (Å²) in [4.78, 5) is 28.7. The summed E-state index contributed by atoms with van der Waals surface area (Å²) in [6, 6.07) is 5.13. The second-order valence-electron chi connectivity index (χ2n) is 5.17. The minimum atomic E-state index is -0.618. The average Bonchev–Trinajstić information content (AvgIpc) is 2.61. The van der Waals surface area contributed by atoms with Crippen LogP contribution in [0.1, 0.15) is 11.1 Å². The minimum absolute atomic E-state index is 0.111. The van der Waals surface area contributed by atoms with Gasteiger partial charge in [-0.15, -0.1) is 0 Å². The topological polar surface area (TPSA) is 111 Å². The van der Waals surface area contributed by atoms with E-state index in [9.17, 15) is 20.2 Å². The van der Waals surface area contributed by atoms with Crippen LogP contribution in [0.25, 0.3) is 0 Å². The van der Waals surface area contributed by atoms with E-state index in [-0.39, 0.29) is 55.7 Å². The van der Waals surface area contributed by atoms with Gasteiger partial charge in [0.2, 0.25) is 0 Å². The Morgan fingerprint density at radius 1 is 0.750 bits per heavy atom. The summed E-state index contributed by atoms with van der Waals surface area (Å²) < 4.78 is 0. The van der Waals surface area contributed by atoms with E-state index in [0.717, 1.165) is 0 Å². The van der Waals surface area contributed by atoms with Gasteiger partial charge >= 0.3 is 0 Å². The maximum absolute atomic E-state index is 10.9. The van der Waals surface area contributed by atoms with Crippen molar-refractivity contribution in [3.63, 3.8) is 0 Å². The van der Waals surface area contributed by atoms with E-state index in [1.165, 1.54) is 36.7 Å². The molecule has 8 nitrogen and oxygen atoms in total. The van der Waals surface area contributed by atoms with Crippen molar-refractivity contribution in [1.29, 1.82) is 0 Å². The highest BCUT2D eigenvalue weighted by Gasteiger charge is 2.18. The van der Waals surface area contributed by atoms with Crippen LogP contribution in [0.15, 0.2) is 34.3 Å². The minimum Gasteiger partial charge on any atom is -0.291 e. The van der Waals surface area contributed by atoms with Crippen molar-refractivity contribution in [3.05, 3.63) is 75.7 Å². The number of nitrogens with zero attached hydrogens (tertiary/aromatic N) is 4. The first-order valence-electron chi connectivity index (χ1n) is 7.48. The molecule has 0 heterocycles. The number of rotatable bonds is 7. The molecule has 2 rings (SSSR count). The van der Waals surface area contributed by atoms with Gasteiger partial charge in [-0.1, -0.05) is 46.4 Å². The van der Waals surface area contributed by atoms with E-state index in [4.69, 9.17) is 46.4 Å². The van der Waals surface area contributed by atoms with E-state index in [0.29, 0.717) is 0 Å². The Morgan fingerprint density at radius 3 is 1.43 bits per heavy atom. The van der Waals surface area contributed by atoms with Crippen LogP contribution < -0.4 is 0 Å². The van der Waals surface area contributed by atoms with Crippen LogP contribution in [-0.2, 0) is 0 Å². The van der Waals surface area contributed by atoms with Gasteiger partial charge in [0.1, 0.15) is 10.0 Å². The molecule has 0 N–H and O–H groups in total. The highest BCUT2D eigenvalue weighted by molar-refractivity contribution is 6.40. The van der Waals surface area contributed by atoms with E-state index < -0.39 is 9.85 Å². The number of nitro groups is 2. The summed E-state index contributed by atoms with van der Waals surface area (Å²) >= 11 is 23.9. The first-order chi connectivity index (χ1) is 13.2. The van der Waals surface area contributed by atoms with Crippen LogP contribution in [0.4, 0.5) is 11.4 Å². The molecule has 0 radical (unpaired) electrons. The summed E-state index contributed by atoms with van der Waals surface area (Å²) in [5, 5.41) is 22.0. The zero-order chi connectivity index (χ0) is 20.8. The highest BCUT2D eigenvalue weighted by Crippen LogP contribution is 2.32. The summed E-state index contributed by atoms with van der Waals surface area (Å²) in [7, 11) is 0. The summed E-state index contributed by atoms with van der Waals surface area (Å²) in [5.41, 5.74) is -0.0986. The molecular formula is C16H10Cl4N4O4. The number of hydrogen-bond donors (Lipinski definition) is 0. The lowest BCUT2D eigenvalue weighted by molar-refractivity contribution is -0.384. The van der Waals surface area contributed by atoms with E-state index in [2.05, 4.69) is 9.98 Å². The van der Waals surface area contributed by atoms with Crippen molar-refractivity contribution in [2.75, 3.05) is 13.1 Å². The van der Waals surface area contributed by atoms with E-state index >= 15 is 0 Å². The van der Waals surface area contributed by atoms with E-state index in [1.54, 1.807) is 0 Å². The monoisotopic (exact) mass is 462 g/mol. The zero-order valence-electron chi connectivity index (χ0n) is 13.8. The van der Waals surface area contributed by atoms with Crippen molar-refractivity contribution < 1.29 is 9.85 Å². The zero-order valence-corrected chi connectivity index (χ0v) is 16.8. The Morgan fingerprint density at radius 2 is 1.11 bits per heavy atom. The van der Waals surface area contributed by atoms with Crippen LogP contribution in [0.3, 0.4) is 0 Å². The Balaban J connectivity index is 2.08. The normalized spacial score (nSPS) is 11.4. The Labute approximate surface area is 178 Å². The number of benzene rings is 2. The molecule has 0 aromatic heterocycles. The Kier molecular flexibility index (Phi) is 7.70. The molecule has 12 heteroatoms. The van der Waals surface area contributed by atoms with Gasteiger partial charge in [-0.25, -0.2) is 0 Å². The second kappa shape index (κ2) is 9.79. The van der Waals surface area contributed by atoms with E-state index in [1.807, 2.05) is 0 Å². The van der Waals surface area contributed by atoms with Gasteiger partial charge in [0, 0.05) is 35.7 Å². The smallest absolute Gasteiger partial charge is 0.288 e. The maximum Gasteiger partial charge on any atom is 0.288 e. The number of aliphatic imine (C=N–C) groups is 2. The van der Waals surface area contributed by atoms with Gasteiger partial charge < -0.3 is 0 Å². The van der Waals surface area contributed by atoms with Crippen molar-refractivity contribution in [2.24, 2.45) is 9.98 Å². The quantitative estimate of drug-likeness (QED) is 0.228. The third kappa shape index (κ3) is 5.17. The highest BCUT2D eigenvalue weighted by atomic mass is 35.5. The molecule has 0 atom stereocenters. The predicted octanol–water partition coefficient (Wildman–Crippen LogP) is 5.65. The third-order valence-electron chi connectivity index (χ3n) is 3.40. The fraction of sp³-hybridized carbons (Fsp3) is 0.125. The van der Waals surface area contributed by atoms with Crippen LogP contribution in [0, 0.1) is 20.2 Å².